The lowest BCUT2D eigenvalue weighted by atomic mass is 10.0. The molecule has 1 amide bonds. The van der Waals surface area contributed by atoms with Gasteiger partial charge in [-0.15, -0.1) is 11.3 Å². The Kier molecular flexibility index (Phi) is 8.49. The Morgan fingerprint density at radius 2 is 1.74 bits per heavy atom. The number of anilines is 1. The van der Waals surface area contributed by atoms with Gasteiger partial charge < -0.3 is 19.5 Å². The first kappa shape index (κ1) is 25.1. The second-order valence-electron chi connectivity index (χ2n) is 7.79. The van der Waals surface area contributed by atoms with Crippen molar-refractivity contribution in [3.05, 3.63) is 70.6 Å². The summed E-state index contributed by atoms with van der Waals surface area (Å²) in [5.74, 6) is 0.731. The molecule has 6 nitrogen and oxygen atoms in total. The number of carbonyl (C=O) groups is 2. The highest BCUT2D eigenvalue weighted by atomic mass is 32.1. The van der Waals surface area contributed by atoms with Gasteiger partial charge in [-0.05, 0) is 47.7 Å². The minimum Gasteiger partial charge on any atom is -0.493 e. The van der Waals surface area contributed by atoms with Gasteiger partial charge in [-0.1, -0.05) is 44.2 Å². The molecule has 0 aliphatic heterocycles. The molecule has 0 spiro atoms. The molecule has 0 fully saturated rings. The molecule has 2 aromatic carbocycles. The van der Waals surface area contributed by atoms with E-state index in [4.69, 9.17) is 14.2 Å². The number of hydrogen-bond acceptors (Lipinski definition) is 6. The number of carbonyl (C=O) groups excluding carboxylic acids is 2. The first-order chi connectivity index (χ1) is 16.4. The maximum atomic E-state index is 12.8. The standard InChI is InChI=1S/C27H29NO5S/c1-6-33-27(30)25-21(20-12-13-22(31-4)23(15-20)32-5)16-34-26(25)28-24(29)14-9-18-7-10-19(11-8-18)17(2)3/h7-17H,6H2,1-5H3,(H,28,29). The van der Waals surface area contributed by atoms with Crippen LogP contribution in [0.25, 0.3) is 17.2 Å². The van der Waals surface area contributed by atoms with E-state index in [9.17, 15) is 9.59 Å². The van der Waals surface area contributed by atoms with Crippen LogP contribution in [0.3, 0.4) is 0 Å². The quantitative estimate of drug-likeness (QED) is 0.285. The molecule has 3 aromatic rings. The number of hydrogen-bond donors (Lipinski definition) is 1. The van der Waals surface area contributed by atoms with Gasteiger partial charge in [0.25, 0.3) is 0 Å². The van der Waals surface area contributed by atoms with E-state index in [1.54, 1.807) is 39.4 Å². The predicted octanol–water partition coefficient (Wildman–Crippen LogP) is 6.38. The molecule has 0 saturated heterocycles. The zero-order valence-corrected chi connectivity index (χ0v) is 20.8. The van der Waals surface area contributed by atoms with Gasteiger partial charge in [-0.25, -0.2) is 4.79 Å². The van der Waals surface area contributed by atoms with Crippen molar-refractivity contribution in [1.82, 2.24) is 0 Å². The average Bonchev–Trinajstić information content (AvgIpc) is 3.26. The maximum absolute atomic E-state index is 12.8. The van der Waals surface area contributed by atoms with Gasteiger partial charge in [0, 0.05) is 17.0 Å². The Bertz CT molecular complexity index is 1180. The van der Waals surface area contributed by atoms with E-state index in [1.165, 1.54) is 23.0 Å². The smallest absolute Gasteiger partial charge is 0.341 e. The van der Waals surface area contributed by atoms with Crippen molar-refractivity contribution < 1.29 is 23.8 Å². The zero-order chi connectivity index (χ0) is 24.7. The first-order valence-electron chi connectivity index (χ1n) is 11.0. The molecule has 1 heterocycles. The van der Waals surface area contributed by atoms with Crippen LogP contribution >= 0.6 is 11.3 Å². The molecular weight excluding hydrogens is 450 g/mol. The van der Waals surface area contributed by atoms with E-state index in [1.807, 2.05) is 23.6 Å². The van der Waals surface area contributed by atoms with E-state index in [0.29, 0.717) is 33.5 Å². The van der Waals surface area contributed by atoms with Crippen molar-refractivity contribution in [2.45, 2.75) is 26.7 Å². The van der Waals surface area contributed by atoms with Crippen LogP contribution < -0.4 is 14.8 Å². The molecule has 1 N–H and O–H groups in total. The van der Waals surface area contributed by atoms with E-state index in [-0.39, 0.29) is 12.5 Å². The molecule has 178 valence electrons. The van der Waals surface area contributed by atoms with Crippen molar-refractivity contribution in [1.29, 1.82) is 0 Å². The number of methoxy groups -OCH3 is 2. The summed E-state index contributed by atoms with van der Waals surface area (Å²) >= 11 is 1.27. The van der Waals surface area contributed by atoms with Crippen LogP contribution in [-0.4, -0.2) is 32.7 Å². The van der Waals surface area contributed by atoms with Crippen molar-refractivity contribution in [2.24, 2.45) is 0 Å². The molecule has 0 atom stereocenters. The highest BCUT2D eigenvalue weighted by Gasteiger charge is 2.23. The number of rotatable bonds is 9. The van der Waals surface area contributed by atoms with Gasteiger partial charge in [-0.3, -0.25) is 4.79 Å². The SMILES string of the molecule is CCOC(=O)c1c(-c2ccc(OC)c(OC)c2)csc1NC(=O)C=Cc1ccc(C(C)C)cc1. The van der Waals surface area contributed by atoms with Gasteiger partial charge in [0.15, 0.2) is 11.5 Å². The lowest BCUT2D eigenvalue weighted by Gasteiger charge is -2.11. The van der Waals surface area contributed by atoms with Gasteiger partial charge in [0.05, 0.1) is 20.8 Å². The number of amides is 1. The van der Waals surface area contributed by atoms with Crippen LogP contribution in [0.15, 0.2) is 53.9 Å². The monoisotopic (exact) mass is 479 g/mol. The number of esters is 1. The van der Waals surface area contributed by atoms with E-state index < -0.39 is 5.97 Å². The molecule has 0 unspecified atom stereocenters. The summed E-state index contributed by atoms with van der Waals surface area (Å²) in [6.45, 7) is 6.24. The lowest BCUT2D eigenvalue weighted by molar-refractivity contribution is -0.111. The van der Waals surface area contributed by atoms with Crippen LogP contribution in [-0.2, 0) is 9.53 Å². The third-order valence-corrected chi connectivity index (χ3v) is 6.13. The van der Waals surface area contributed by atoms with Crippen molar-refractivity contribution >= 4 is 34.3 Å². The van der Waals surface area contributed by atoms with E-state index in [2.05, 4.69) is 31.3 Å². The Labute approximate surface area is 204 Å². The summed E-state index contributed by atoms with van der Waals surface area (Å²) in [7, 11) is 3.11. The number of benzene rings is 2. The summed E-state index contributed by atoms with van der Waals surface area (Å²) in [6, 6.07) is 13.4. The summed E-state index contributed by atoms with van der Waals surface area (Å²) in [6.07, 6.45) is 3.20. The summed E-state index contributed by atoms with van der Waals surface area (Å²) < 4.78 is 16.0. The van der Waals surface area contributed by atoms with Crippen molar-refractivity contribution in [2.75, 3.05) is 26.1 Å². The van der Waals surface area contributed by atoms with Crippen LogP contribution in [0.4, 0.5) is 5.00 Å². The third kappa shape index (κ3) is 5.85. The van der Waals surface area contributed by atoms with Crippen LogP contribution in [0.5, 0.6) is 11.5 Å². The molecule has 0 aliphatic rings. The van der Waals surface area contributed by atoms with Gasteiger partial charge in [0.2, 0.25) is 5.91 Å². The van der Waals surface area contributed by atoms with E-state index in [0.717, 1.165) is 11.1 Å². The van der Waals surface area contributed by atoms with Gasteiger partial charge >= 0.3 is 5.97 Å². The maximum Gasteiger partial charge on any atom is 0.341 e. The molecular formula is C27H29NO5S. The highest BCUT2D eigenvalue weighted by Crippen LogP contribution is 2.39. The molecule has 0 aliphatic carbocycles. The number of nitrogens with one attached hydrogen (secondary N) is 1. The topological polar surface area (TPSA) is 73.9 Å². The van der Waals surface area contributed by atoms with Gasteiger partial charge in [0.1, 0.15) is 10.6 Å². The Morgan fingerprint density at radius 3 is 2.35 bits per heavy atom. The van der Waals surface area contributed by atoms with Crippen molar-refractivity contribution in [3.8, 4) is 22.6 Å². The van der Waals surface area contributed by atoms with Crippen molar-refractivity contribution in [3.63, 3.8) is 0 Å². The van der Waals surface area contributed by atoms with Crippen LogP contribution in [0.1, 0.15) is 48.2 Å². The van der Waals surface area contributed by atoms with E-state index >= 15 is 0 Å². The minimum atomic E-state index is -0.503. The molecule has 7 heteroatoms. The Morgan fingerprint density at radius 1 is 1.03 bits per heavy atom. The average molecular weight is 480 g/mol. The summed E-state index contributed by atoms with van der Waals surface area (Å²) in [5.41, 5.74) is 3.86. The van der Waals surface area contributed by atoms with Crippen LogP contribution in [0, 0.1) is 0 Å². The number of ether oxygens (including phenoxy) is 3. The summed E-state index contributed by atoms with van der Waals surface area (Å²) in [4.78, 5) is 25.4. The second kappa shape index (κ2) is 11.5. The summed E-state index contributed by atoms with van der Waals surface area (Å²) in [5, 5.41) is 5.07. The highest BCUT2D eigenvalue weighted by molar-refractivity contribution is 7.15. The predicted molar refractivity (Wildman–Crippen MR) is 137 cm³/mol. The van der Waals surface area contributed by atoms with Gasteiger partial charge in [-0.2, -0.15) is 0 Å². The molecule has 0 saturated carbocycles. The minimum absolute atomic E-state index is 0.222. The zero-order valence-electron chi connectivity index (χ0n) is 20.0. The Hall–Kier alpha value is -3.58. The normalized spacial score (nSPS) is 11.0. The molecule has 1 aromatic heterocycles. The Balaban J connectivity index is 1.87. The second-order valence-corrected chi connectivity index (χ2v) is 8.67. The molecule has 0 bridgehead atoms. The number of thiophene rings is 1. The molecule has 3 rings (SSSR count). The first-order valence-corrected chi connectivity index (χ1v) is 11.9. The fraction of sp³-hybridized carbons (Fsp3) is 0.259. The third-order valence-electron chi connectivity index (χ3n) is 5.23. The lowest BCUT2D eigenvalue weighted by Crippen LogP contribution is -2.12. The van der Waals surface area contributed by atoms with Crippen LogP contribution in [0.2, 0.25) is 0 Å². The fourth-order valence-electron chi connectivity index (χ4n) is 3.39. The molecule has 0 radical (unpaired) electrons. The fourth-order valence-corrected chi connectivity index (χ4v) is 4.35. The molecule has 34 heavy (non-hydrogen) atoms. The largest absolute Gasteiger partial charge is 0.493 e.